The van der Waals surface area contributed by atoms with Gasteiger partial charge in [-0.1, -0.05) is 39.8 Å². The average Bonchev–Trinajstić information content (AvgIpc) is 3.34. The smallest absolute Gasteiger partial charge is 0.293 e. The van der Waals surface area contributed by atoms with Crippen LogP contribution in [0.4, 0.5) is 0 Å². The second-order valence-corrected chi connectivity index (χ2v) is 14.0. The molecule has 0 aliphatic carbocycles. The van der Waals surface area contributed by atoms with Crippen molar-refractivity contribution in [3.8, 4) is 28.1 Å². The SMILES string of the molecule is CCn1c(-c2cnccc2COC)c(CC(C)(C)COC=O)c2cc(-c3cc(O)cc(CC(C=O)NC(=O)C(C(C)C)N(C)C)c3)ccc21. The first-order chi connectivity index (χ1) is 23.3. The summed E-state index contributed by atoms with van der Waals surface area (Å²) in [6.07, 6.45) is 5.23. The van der Waals surface area contributed by atoms with Gasteiger partial charge in [-0.15, -0.1) is 0 Å². The molecule has 1 amide bonds. The first-order valence-electron chi connectivity index (χ1n) is 16.7. The number of carbonyl (C=O) groups is 3. The number of phenols is 1. The third-order valence-electron chi connectivity index (χ3n) is 8.86. The number of phenolic OH excluding ortho intramolecular Hbond substituents is 1. The zero-order valence-corrected chi connectivity index (χ0v) is 29.9. The molecule has 2 atom stereocenters. The first kappa shape index (κ1) is 37.3. The number of fused-ring (bicyclic) bond motifs is 1. The van der Waals surface area contributed by atoms with Crippen molar-refractivity contribution in [3.63, 3.8) is 0 Å². The van der Waals surface area contributed by atoms with Crippen molar-refractivity contribution in [1.29, 1.82) is 0 Å². The molecule has 262 valence electrons. The lowest BCUT2D eigenvalue weighted by Crippen LogP contribution is -2.50. The summed E-state index contributed by atoms with van der Waals surface area (Å²) < 4.78 is 13.1. The Bertz CT molecular complexity index is 1770. The van der Waals surface area contributed by atoms with Gasteiger partial charge in [0.15, 0.2) is 0 Å². The molecule has 0 bridgehead atoms. The molecule has 4 rings (SSSR count). The van der Waals surface area contributed by atoms with Gasteiger partial charge < -0.3 is 29.3 Å². The molecule has 10 nitrogen and oxygen atoms in total. The number of carbonyl (C=O) groups excluding carboxylic acids is 3. The monoisotopic (exact) mass is 670 g/mol. The van der Waals surface area contributed by atoms with E-state index in [0.29, 0.717) is 26.0 Å². The van der Waals surface area contributed by atoms with Crippen LogP contribution < -0.4 is 5.32 Å². The molecule has 2 unspecified atom stereocenters. The molecule has 49 heavy (non-hydrogen) atoms. The van der Waals surface area contributed by atoms with Crippen molar-refractivity contribution in [1.82, 2.24) is 19.8 Å². The second kappa shape index (κ2) is 16.2. The van der Waals surface area contributed by atoms with Crippen LogP contribution in [0.1, 0.15) is 51.3 Å². The Balaban J connectivity index is 1.82. The fraction of sp³-hybridized carbons (Fsp3) is 0.436. The number of aromatic nitrogens is 2. The Kier molecular flexibility index (Phi) is 12.4. The summed E-state index contributed by atoms with van der Waals surface area (Å²) in [4.78, 5) is 42.7. The Morgan fingerprint density at radius 2 is 1.86 bits per heavy atom. The standard InChI is InChI=1S/C39H50N4O6/c1-9-43-35-11-10-27(29-14-26(16-31(46)17-29)15-30(21-44)41-38(47)36(25(2)3)42(6)7)18-32(35)33(19-39(4,5)23-49-24-45)37(43)34-20-40-13-12-28(34)22-48-8/h10-14,16-18,20-21,24-25,30,36,46H,9,15,19,22-23H2,1-8H3,(H,41,47). The molecule has 0 saturated carbocycles. The summed E-state index contributed by atoms with van der Waals surface area (Å²) >= 11 is 0. The third kappa shape index (κ3) is 8.74. The van der Waals surface area contributed by atoms with Crippen molar-refractivity contribution in [2.45, 2.75) is 72.7 Å². The molecule has 2 aromatic heterocycles. The molecule has 0 aliphatic rings. The molecular weight excluding hydrogens is 620 g/mol. The molecule has 10 heteroatoms. The number of nitrogens with one attached hydrogen (secondary N) is 1. The average molecular weight is 671 g/mol. The summed E-state index contributed by atoms with van der Waals surface area (Å²) in [5, 5.41) is 14.8. The predicted molar refractivity (Wildman–Crippen MR) is 192 cm³/mol. The van der Waals surface area contributed by atoms with Crippen molar-refractivity contribution >= 4 is 29.6 Å². The van der Waals surface area contributed by atoms with Crippen LogP contribution in [0.2, 0.25) is 0 Å². The predicted octanol–water partition coefficient (Wildman–Crippen LogP) is 5.80. The summed E-state index contributed by atoms with van der Waals surface area (Å²) in [5.41, 5.74) is 7.16. The van der Waals surface area contributed by atoms with E-state index in [2.05, 4.69) is 47.8 Å². The molecule has 2 N–H and O–H groups in total. The van der Waals surface area contributed by atoms with Crippen LogP contribution in [0.25, 0.3) is 33.3 Å². The number of pyridine rings is 1. The van der Waals surface area contributed by atoms with Crippen molar-refractivity contribution in [2.75, 3.05) is 27.8 Å². The minimum atomic E-state index is -0.754. The Hall–Kier alpha value is -4.54. The summed E-state index contributed by atoms with van der Waals surface area (Å²) in [6.45, 7) is 12.1. The maximum atomic E-state index is 13.1. The highest BCUT2D eigenvalue weighted by molar-refractivity contribution is 5.95. The highest BCUT2D eigenvalue weighted by atomic mass is 16.5. The topological polar surface area (TPSA) is 123 Å². The Morgan fingerprint density at radius 3 is 2.49 bits per heavy atom. The van der Waals surface area contributed by atoms with E-state index in [-0.39, 0.29) is 42.1 Å². The number of aromatic hydroxyl groups is 1. The van der Waals surface area contributed by atoms with Gasteiger partial charge in [0.25, 0.3) is 6.47 Å². The lowest BCUT2D eigenvalue weighted by molar-refractivity contribution is -0.131. The third-order valence-corrected chi connectivity index (χ3v) is 8.86. The van der Waals surface area contributed by atoms with E-state index in [1.807, 2.05) is 57.2 Å². The van der Waals surface area contributed by atoms with E-state index in [1.165, 1.54) is 0 Å². The highest BCUT2D eigenvalue weighted by Gasteiger charge is 2.29. The molecule has 0 radical (unpaired) electrons. The quantitative estimate of drug-likeness (QED) is 0.135. The number of hydrogen-bond donors (Lipinski definition) is 2. The van der Waals surface area contributed by atoms with Gasteiger partial charge in [-0.3, -0.25) is 19.5 Å². The number of amides is 1. The van der Waals surface area contributed by atoms with Crippen LogP contribution >= 0.6 is 0 Å². The van der Waals surface area contributed by atoms with Crippen molar-refractivity contribution in [2.24, 2.45) is 11.3 Å². The van der Waals surface area contributed by atoms with Crippen LogP contribution in [0.3, 0.4) is 0 Å². The number of aldehydes is 1. The lowest BCUT2D eigenvalue weighted by Gasteiger charge is -2.28. The van der Waals surface area contributed by atoms with Crippen LogP contribution in [0.5, 0.6) is 5.75 Å². The molecule has 0 spiro atoms. The maximum Gasteiger partial charge on any atom is 0.293 e. The van der Waals surface area contributed by atoms with Crippen molar-refractivity contribution < 1.29 is 29.0 Å². The normalized spacial score (nSPS) is 13.1. The largest absolute Gasteiger partial charge is 0.508 e. The van der Waals surface area contributed by atoms with E-state index in [9.17, 15) is 19.5 Å². The van der Waals surface area contributed by atoms with Gasteiger partial charge in [0.2, 0.25) is 5.91 Å². The molecule has 4 aromatic rings. The number of benzene rings is 2. The van der Waals surface area contributed by atoms with E-state index >= 15 is 0 Å². The van der Waals surface area contributed by atoms with Crippen molar-refractivity contribution in [3.05, 3.63) is 71.5 Å². The van der Waals surface area contributed by atoms with Gasteiger partial charge in [0.1, 0.15) is 12.0 Å². The zero-order valence-electron chi connectivity index (χ0n) is 29.9. The van der Waals surface area contributed by atoms with E-state index in [1.54, 1.807) is 25.4 Å². The zero-order chi connectivity index (χ0) is 35.9. The van der Waals surface area contributed by atoms with Crippen LogP contribution in [0, 0.1) is 11.3 Å². The summed E-state index contributed by atoms with van der Waals surface area (Å²) in [5.74, 6) is -0.0866. The summed E-state index contributed by atoms with van der Waals surface area (Å²) in [7, 11) is 5.36. The fourth-order valence-electron chi connectivity index (χ4n) is 6.87. The number of rotatable bonds is 17. The van der Waals surface area contributed by atoms with Gasteiger partial charge in [-0.25, -0.2) is 0 Å². The minimum Gasteiger partial charge on any atom is -0.508 e. The molecule has 2 aromatic carbocycles. The van der Waals surface area contributed by atoms with Gasteiger partial charge in [0, 0.05) is 47.9 Å². The number of aryl methyl sites for hydroxylation is 1. The Labute approximate surface area is 289 Å². The molecular formula is C39H50N4O6. The number of nitrogens with zero attached hydrogens (tertiary/aromatic N) is 3. The molecule has 0 saturated heterocycles. The van der Waals surface area contributed by atoms with Gasteiger partial charge in [-0.2, -0.15) is 0 Å². The minimum absolute atomic E-state index is 0.0606. The van der Waals surface area contributed by atoms with E-state index in [4.69, 9.17) is 9.47 Å². The first-order valence-corrected chi connectivity index (χ1v) is 16.7. The molecule has 0 aliphatic heterocycles. The van der Waals surface area contributed by atoms with E-state index in [0.717, 1.165) is 56.3 Å². The van der Waals surface area contributed by atoms with Gasteiger partial charge in [-0.05, 0) is 97.9 Å². The second-order valence-electron chi connectivity index (χ2n) is 14.0. The molecule has 0 fully saturated rings. The Morgan fingerprint density at radius 1 is 1.10 bits per heavy atom. The van der Waals surface area contributed by atoms with Gasteiger partial charge in [0.05, 0.1) is 31.0 Å². The van der Waals surface area contributed by atoms with Gasteiger partial charge >= 0.3 is 0 Å². The lowest BCUT2D eigenvalue weighted by atomic mass is 9.84. The number of likely N-dealkylation sites (N-methyl/N-ethyl adjacent to an activating group) is 1. The fourth-order valence-corrected chi connectivity index (χ4v) is 6.87. The molecule has 2 heterocycles. The maximum absolute atomic E-state index is 13.1. The number of hydrogen-bond acceptors (Lipinski definition) is 8. The highest BCUT2D eigenvalue weighted by Crippen LogP contribution is 2.41. The number of methoxy groups -OCH3 is 1. The van der Waals surface area contributed by atoms with E-state index < -0.39 is 6.04 Å². The van der Waals surface area contributed by atoms with Crippen LogP contribution in [-0.4, -0.2) is 78.1 Å². The number of ether oxygens (including phenoxy) is 2. The van der Waals surface area contributed by atoms with Crippen LogP contribution in [-0.2, 0) is 49.9 Å². The summed E-state index contributed by atoms with van der Waals surface area (Å²) in [6, 6.07) is 12.4. The van der Waals surface area contributed by atoms with Crippen LogP contribution in [0.15, 0.2) is 54.9 Å².